The lowest BCUT2D eigenvalue weighted by atomic mass is 10.1. The highest BCUT2D eigenvalue weighted by Crippen LogP contribution is 2.10. The van der Waals surface area contributed by atoms with Gasteiger partial charge in [0.1, 0.15) is 0 Å². The number of ketones is 1. The van der Waals surface area contributed by atoms with E-state index in [0.717, 1.165) is 11.8 Å². The summed E-state index contributed by atoms with van der Waals surface area (Å²) >= 11 is 1.13. The van der Waals surface area contributed by atoms with E-state index in [0.29, 0.717) is 5.56 Å². The molecule has 0 spiro atoms. The number of hydrogen-bond acceptors (Lipinski definition) is 3. The second kappa shape index (κ2) is 4.28. The van der Waals surface area contributed by atoms with Crippen molar-refractivity contribution in [1.29, 1.82) is 0 Å². The Morgan fingerprint density at radius 2 is 2.00 bits per heavy atom. The number of rotatable bonds is 3. The molecule has 0 bridgehead atoms. The quantitative estimate of drug-likeness (QED) is 0.569. The molecule has 1 N–H and O–H groups in total. The third-order valence-electron chi connectivity index (χ3n) is 1.51. The third kappa shape index (κ3) is 2.09. The van der Waals surface area contributed by atoms with Gasteiger partial charge in [0.2, 0.25) is 5.78 Å². The molecule has 0 aliphatic carbocycles. The summed E-state index contributed by atoms with van der Waals surface area (Å²) in [5, 5.41) is 9.19. The van der Waals surface area contributed by atoms with Crippen molar-refractivity contribution in [3.05, 3.63) is 35.9 Å². The highest BCUT2D eigenvalue weighted by molar-refractivity contribution is 7.99. The molecule has 0 amide bonds. The van der Waals surface area contributed by atoms with Gasteiger partial charge >= 0.3 is 0 Å². The molecular weight excluding hydrogens is 172 g/mol. The van der Waals surface area contributed by atoms with Crippen LogP contribution >= 0.6 is 11.8 Å². The van der Waals surface area contributed by atoms with E-state index in [-0.39, 0.29) is 5.78 Å². The predicted octanol–water partition coefficient (Wildman–Crippen LogP) is 1.55. The Bertz CT molecular complexity index is 258. The summed E-state index contributed by atoms with van der Waals surface area (Å²) in [6.45, 7) is 0. The molecule has 0 aliphatic heterocycles. The number of aliphatic hydroxyl groups excluding tert-OH is 1. The van der Waals surface area contributed by atoms with Crippen LogP contribution in [0, 0.1) is 0 Å². The Kier molecular flexibility index (Phi) is 3.31. The summed E-state index contributed by atoms with van der Waals surface area (Å²) in [5.74, 6) is -0.233. The van der Waals surface area contributed by atoms with Crippen molar-refractivity contribution in [3.8, 4) is 0 Å². The predicted molar refractivity (Wildman–Crippen MR) is 50.3 cm³/mol. The first-order valence-corrected chi connectivity index (χ1v) is 4.84. The van der Waals surface area contributed by atoms with Gasteiger partial charge in [-0.05, 0) is 6.26 Å². The Morgan fingerprint density at radius 1 is 1.42 bits per heavy atom. The van der Waals surface area contributed by atoms with Crippen molar-refractivity contribution in [2.24, 2.45) is 0 Å². The average Bonchev–Trinajstić information content (AvgIpc) is 2.17. The Balaban J connectivity index is 2.79. The molecule has 2 nitrogen and oxygen atoms in total. The number of carbonyl (C=O) groups is 1. The summed E-state index contributed by atoms with van der Waals surface area (Å²) in [7, 11) is 0. The van der Waals surface area contributed by atoms with Crippen molar-refractivity contribution in [2.75, 3.05) is 6.26 Å². The van der Waals surface area contributed by atoms with Gasteiger partial charge in [-0.2, -0.15) is 0 Å². The first kappa shape index (κ1) is 9.29. The number of aliphatic hydroxyl groups is 1. The van der Waals surface area contributed by atoms with Gasteiger partial charge in [0, 0.05) is 5.56 Å². The van der Waals surface area contributed by atoms with E-state index in [9.17, 15) is 9.90 Å². The van der Waals surface area contributed by atoms with Crippen LogP contribution in [0.2, 0.25) is 0 Å². The fourth-order valence-corrected chi connectivity index (χ4v) is 1.20. The molecule has 0 fully saturated rings. The topological polar surface area (TPSA) is 37.3 Å². The zero-order valence-electron chi connectivity index (χ0n) is 6.73. The molecule has 1 rings (SSSR count). The summed E-state index contributed by atoms with van der Waals surface area (Å²) < 4.78 is 0. The molecule has 1 aromatic carbocycles. The van der Waals surface area contributed by atoms with Crippen LogP contribution in [0.3, 0.4) is 0 Å². The van der Waals surface area contributed by atoms with Gasteiger partial charge in [-0.3, -0.25) is 4.79 Å². The highest BCUT2D eigenvalue weighted by atomic mass is 32.2. The molecule has 1 unspecified atom stereocenters. The maximum absolute atomic E-state index is 11.3. The Morgan fingerprint density at radius 3 is 2.50 bits per heavy atom. The van der Waals surface area contributed by atoms with Crippen molar-refractivity contribution >= 4 is 17.5 Å². The average molecular weight is 182 g/mol. The van der Waals surface area contributed by atoms with E-state index in [1.807, 2.05) is 6.07 Å². The van der Waals surface area contributed by atoms with Crippen molar-refractivity contribution in [3.63, 3.8) is 0 Å². The standard InChI is InChI=1S/C9H10O2S/c1-12-9(11)8(10)7-5-3-2-4-6-7/h2-6,9,11H,1H3. The molecular formula is C9H10O2S. The van der Waals surface area contributed by atoms with Crippen LogP contribution in [-0.2, 0) is 0 Å². The lowest BCUT2D eigenvalue weighted by Crippen LogP contribution is -2.15. The highest BCUT2D eigenvalue weighted by Gasteiger charge is 2.14. The summed E-state index contributed by atoms with van der Waals surface area (Å²) in [4.78, 5) is 11.3. The number of Topliss-reactive ketones (excluding diaryl/α,β-unsaturated/α-hetero) is 1. The zero-order chi connectivity index (χ0) is 8.97. The number of hydrogen-bond donors (Lipinski definition) is 1. The molecule has 0 saturated carbocycles. The van der Waals surface area contributed by atoms with Gasteiger partial charge in [0.25, 0.3) is 0 Å². The molecule has 1 atom stereocenters. The lowest BCUT2D eigenvalue weighted by Gasteiger charge is -2.04. The minimum absolute atomic E-state index is 0.233. The maximum Gasteiger partial charge on any atom is 0.201 e. The minimum Gasteiger partial charge on any atom is -0.374 e. The van der Waals surface area contributed by atoms with Crippen LogP contribution in [-0.4, -0.2) is 22.6 Å². The van der Waals surface area contributed by atoms with Gasteiger partial charge in [0.05, 0.1) is 0 Å². The molecule has 0 aliphatic rings. The van der Waals surface area contributed by atoms with Crippen LogP contribution in [0.15, 0.2) is 30.3 Å². The molecule has 0 aromatic heterocycles. The smallest absolute Gasteiger partial charge is 0.201 e. The van der Waals surface area contributed by atoms with Gasteiger partial charge in [0.15, 0.2) is 5.44 Å². The lowest BCUT2D eigenvalue weighted by molar-refractivity contribution is 0.0869. The molecule has 3 heteroatoms. The van der Waals surface area contributed by atoms with E-state index >= 15 is 0 Å². The van der Waals surface area contributed by atoms with Gasteiger partial charge in [-0.25, -0.2) is 0 Å². The fraction of sp³-hybridized carbons (Fsp3) is 0.222. The Labute approximate surface area is 75.6 Å². The van der Waals surface area contributed by atoms with Crippen molar-refractivity contribution in [1.82, 2.24) is 0 Å². The van der Waals surface area contributed by atoms with E-state index in [2.05, 4.69) is 0 Å². The van der Waals surface area contributed by atoms with Crippen LogP contribution < -0.4 is 0 Å². The molecule has 0 saturated heterocycles. The van der Waals surface area contributed by atoms with Crippen molar-refractivity contribution in [2.45, 2.75) is 5.44 Å². The van der Waals surface area contributed by atoms with E-state index in [1.165, 1.54) is 0 Å². The van der Waals surface area contributed by atoms with Crippen LogP contribution in [0.25, 0.3) is 0 Å². The third-order valence-corrected chi connectivity index (χ3v) is 2.17. The van der Waals surface area contributed by atoms with Crippen LogP contribution in [0.5, 0.6) is 0 Å². The van der Waals surface area contributed by atoms with E-state index in [4.69, 9.17) is 0 Å². The van der Waals surface area contributed by atoms with Gasteiger partial charge in [-0.1, -0.05) is 30.3 Å². The molecule has 1 aromatic rings. The maximum atomic E-state index is 11.3. The fourth-order valence-electron chi connectivity index (χ4n) is 0.852. The molecule has 0 heterocycles. The summed E-state index contributed by atoms with van der Waals surface area (Å²) in [5.41, 5.74) is -0.383. The second-order valence-corrected chi connectivity index (χ2v) is 3.24. The zero-order valence-corrected chi connectivity index (χ0v) is 7.54. The number of carbonyl (C=O) groups excluding carboxylic acids is 1. The van der Waals surface area contributed by atoms with E-state index in [1.54, 1.807) is 30.5 Å². The van der Waals surface area contributed by atoms with Crippen LogP contribution in [0.4, 0.5) is 0 Å². The molecule has 64 valence electrons. The Hall–Kier alpha value is -0.800. The van der Waals surface area contributed by atoms with Crippen molar-refractivity contribution < 1.29 is 9.90 Å². The second-order valence-electron chi connectivity index (χ2n) is 2.32. The van der Waals surface area contributed by atoms with Gasteiger partial charge in [-0.15, -0.1) is 11.8 Å². The first-order chi connectivity index (χ1) is 5.75. The van der Waals surface area contributed by atoms with E-state index < -0.39 is 5.44 Å². The normalized spacial score (nSPS) is 12.5. The minimum atomic E-state index is -0.938. The summed E-state index contributed by atoms with van der Waals surface area (Å²) in [6.07, 6.45) is 1.70. The first-order valence-electron chi connectivity index (χ1n) is 3.56. The summed E-state index contributed by atoms with van der Waals surface area (Å²) in [6, 6.07) is 8.78. The largest absolute Gasteiger partial charge is 0.374 e. The number of benzene rings is 1. The van der Waals surface area contributed by atoms with Crippen LogP contribution in [0.1, 0.15) is 10.4 Å². The SMILES string of the molecule is CSC(O)C(=O)c1ccccc1. The molecule has 0 radical (unpaired) electrons. The number of thioether (sulfide) groups is 1. The molecule has 12 heavy (non-hydrogen) atoms. The monoisotopic (exact) mass is 182 g/mol. The van der Waals surface area contributed by atoms with Gasteiger partial charge < -0.3 is 5.11 Å².